The van der Waals surface area contributed by atoms with Crippen molar-refractivity contribution in [2.45, 2.75) is 39.5 Å². The van der Waals surface area contributed by atoms with Gasteiger partial charge in [0.15, 0.2) is 4.96 Å². The summed E-state index contributed by atoms with van der Waals surface area (Å²) < 4.78 is 1.96. The van der Waals surface area contributed by atoms with E-state index in [0.717, 1.165) is 41.3 Å². The molecule has 0 spiro atoms. The standard InChI is InChI=1S/C18H21N3OS/c1-3-4-5-6-15(22)19-17-16(14-9-7-13(2)8-10-14)20-18-21(17)11-12-23-18/h7-12H,3-6H2,1-2H3,(H,19,22). The molecule has 0 radical (unpaired) electrons. The maximum atomic E-state index is 12.2. The number of hydrogen-bond acceptors (Lipinski definition) is 3. The molecular formula is C18H21N3OS. The number of carbonyl (C=O) groups excluding carboxylic acids is 1. The van der Waals surface area contributed by atoms with Gasteiger partial charge in [-0.05, 0) is 13.3 Å². The average Bonchev–Trinajstić information content (AvgIpc) is 3.11. The van der Waals surface area contributed by atoms with Gasteiger partial charge in [-0.2, -0.15) is 0 Å². The zero-order valence-corrected chi connectivity index (χ0v) is 14.3. The Morgan fingerprint density at radius 3 is 2.78 bits per heavy atom. The summed E-state index contributed by atoms with van der Waals surface area (Å²) in [5.74, 6) is 0.825. The molecule has 2 aromatic heterocycles. The number of aryl methyl sites for hydroxylation is 1. The van der Waals surface area contributed by atoms with Crippen LogP contribution in [0.1, 0.15) is 38.2 Å². The van der Waals surface area contributed by atoms with Crippen LogP contribution in [0.5, 0.6) is 0 Å². The van der Waals surface area contributed by atoms with Gasteiger partial charge in [0.1, 0.15) is 11.5 Å². The lowest BCUT2D eigenvalue weighted by atomic mass is 10.1. The molecule has 23 heavy (non-hydrogen) atoms. The van der Waals surface area contributed by atoms with Gasteiger partial charge >= 0.3 is 0 Å². The highest BCUT2D eigenvalue weighted by Crippen LogP contribution is 2.31. The third-order valence-corrected chi connectivity index (χ3v) is 4.61. The molecule has 0 aliphatic rings. The monoisotopic (exact) mass is 327 g/mol. The van der Waals surface area contributed by atoms with Gasteiger partial charge in [-0.1, -0.05) is 49.6 Å². The molecule has 0 saturated carbocycles. The van der Waals surface area contributed by atoms with Crippen LogP contribution in [0, 0.1) is 6.92 Å². The first-order chi connectivity index (χ1) is 11.2. The summed E-state index contributed by atoms with van der Waals surface area (Å²) in [5, 5.41) is 5.04. The van der Waals surface area contributed by atoms with E-state index in [4.69, 9.17) is 0 Å². The number of hydrogen-bond donors (Lipinski definition) is 1. The molecule has 3 aromatic rings. The molecule has 0 aliphatic carbocycles. The second kappa shape index (κ2) is 6.96. The van der Waals surface area contributed by atoms with Gasteiger partial charge in [0.25, 0.3) is 0 Å². The molecule has 3 rings (SSSR count). The van der Waals surface area contributed by atoms with Crippen molar-refractivity contribution in [1.29, 1.82) is 0 Å². The minimum Gasteiger partial charge on any atom is -0.310 e. The average molecular weight is 327 g/mol. The third-order valence-electron chi connectivity index (χ3n) is 3.85. The second-order valence-electron chi connectivity index (χ2n) is 5.74. The molecule has 0 bridgehead atoms. The quantitative estimate of drug-likeness (QED) is 0.655. The highest BCUT2D eigenvalue weighted by atomic mass is 32.1. The van der Waals surface area contributed by atoms with E-state index in [1.807, 2.05) is 16.0 Å². The van der Waals surface area contributed by atoms with E-state index in [0.29, 0.717) is 6.42 Å². The Balaban J connectivity index is 1.91. The number of thiazole rings is 1. The van der Waals surface area contributed by atoms with Crippen molar-refractivity contribution in [3.05, 3.63) is 41.4 Å². The van der Waals surface area contributed by atoms with Crippen molar-refractivity contribution in [2.24, 2.45) is 0 Å². The van der Waals surface area contributed by atoms with Crippen molar-refractivity contribution < 1.29 is 4.79 Å². The van der Waals surface area contributed by atoms with Gasteiger partial charge in [-0.3, -0.25) is 9.20 Å². The molecular weight excluding hydrogens is 306 g/mol. The lowest BCUT2D eigenvalue weighted by molar-refractivity contribution is -0.116. The van der Waals surface area contributed by atoms with Crippen molar-refractivity contribution in [2.75, 3.05) is 5.32 Å². The molecule has 2 heterocycles. The molecule has 5 heteroatoms. The zero-order chi connectivity index (χ0) is 16.2. The molecule has 120 valence electrons. The van der Waals surface area contributed by atoms with Crippen molar-refractivity contribution in [3.63, 3.8) is 0 Å². The number of carbonyl (C=O) groups is 1. The van der Waals surface area contributed by atoms with Gasteiger partial charge in [0, 0.05) is 23.6 Å². The molecule has 0 atom stereocenters. The molecule has 0 aliphatic heterocycles. The Kier molecular flexibility index (Phi) is 4.76. The smallest absolute Gasteiger partial charge is 0.225 e. The van der Waals surface area contributed by atoms with Crippen LogP contribution in [-0.2, 0) is 4.79 Å². The van der Waals surface area contributed by atoms with E-state index in [1.165, 1.54) is 5.56 Å². The van der Waals surface area contributed by atoms with E-state index in [9.17, 15) is 4.79 Å². The summed E-state index contributed by atoms with van der Waals surface area (Å²) in [7, 11) is 0. The number of nitrogens with one attached hydrogen (secondary N) is 1. The fraction of sp³-hybridized carbons (Fsp3) is 0.333. The SMILES string of the molecule is CCCCCC(=O)Nc1c(-c2ccc(C)cc2)nc2sccn12. The van der Waals surface area contributed by atoms with E-state index < -0.39 is 0 Å². The number of rotatable bonds is 6. The van der Waals surface area contributed by atoms with Crippen molar-refractivity contribution >= 4 is 28.0 Å². The van der Waals surface area contributed by atoms with Crippen LogP contribution in [0.3, 0.4) is 0 Å². The number of imidazole rings is 1. The number of benzene rings is 1. The lowest BCUT2D eigenvalue weighted by Crippen LogP contribution is -2.13. The number of aromatic nitrogens is 2. The fourth-order valence-corrected chi connectivity index (χ4v) is 3.26. The molecule has 0 unspecified atom stereocenters. The van der Waals surface area contributed by atoms with E-state index in [2.05, 4.69) is 48.4 Å². The Hall–Kier alpha value is -2.14. The number of unbranched alkanes of at least 4 members (excludes halogenated alkanes) is 2. The summed E-state index contributed by atoms with van der Waals surface area (Å²) in [4.78, 5) is 17.8. The number of amides is 1. The third kappa shape index (κ3) is 3.45. The Morgan fingerprint density at radius 2 is 2.04 bits per heavy atom. The minimum absolute atomic E-state index is 0.0554. The van der Waals surface area contributed by atoms with Crippen LogP contribution in [0.25, 0.3) is 16.2 Å². The van der Waals surface area contributed by atoms with Gasteiger partial charge in [0.2, 0.25) is 5.91 Å². The summed E-state index contributed by atoms with van der Waals surface area (Å²) in [6.07, 6.45) is 5.63. The predicted molar refractivity (Wildman–Crippen MR) is 96.0 cm³/mol. The van der Waals surface area contributed by atoms with E-state index in [1.54, 1.807) is 11.3 Å². The topological polar surface area (TPSA) is 46.4 Å². The van der Waals surface area contributed by atoms with E-state index in [-0.39, 0.29) is 5.91 Å². The summed E-state index contributed by atoms with van der Waals surface area (Å²) >= 11 is 1.57. The number of nitrogens with zero attached hydrogens (tertiary/aromatic N) is 2. The number of anilines is 1. The summed E-state index contributed by atoms with van der Waals surface area (Å²) in [6.45, 7) is 4.20. The van der Waals surface area contributed by atoms with Crippen LogP contribution in [-0.4, -0.2) is 15.3 Å². The van der Waals surface area contributed by atoms with Crippen molar-refractivity contribution in [1.82, 2.24) is 9.38 Å². The van der Waals surface area contributed by atoms with Crippen LogP contribution in [0.2, 0.25) is 0 Å². The molecule has 1 aromatic carbocycles. The maximum absolute atomic E-state index is 12.2. The van der Waals surface area contributed by atoms with Gasteiger partial charge < -0.3 is 5.32 Å². The summed E-state index contributed by atoms with van der Waals surface area (Å²) in [5.41, 5.74) is 3.07. The molecule has 1 amide bonds. The highest BCUT2D eigenvalue weighted by Gasteiger charge is 2.16. The van der Waals surface area contributed by atoms with Crippen LogP contribution < -0.4 is 5.32 Å². The van der Waals surface area contributed by atoms with Crippen LogP contribution >= 0.6 is 11.3 Å². The van der Waals surface area contributed by atoms with E-state index >= 15 is 0 Å². The highest BCUT2D eigenvalue weighted by molar-refractivity contribution is 7.15. The molecule has 1 N–H and O–H groups in total. The molecule has 0 saturated heterocycles. The molecule has 0 fully saturated rings. The first-order valence-electron chi connectivity index (χ1n) is 8.01. The molecule has 4 nitrogen and oxygen atoms in total. The number of fused-ring (bicyclic) bond motifs is 1. The van der Waals surface area contributed by atoms with Gasteiger partial charge in [-0.15, -0.1) is 11.3 Å². The minimum atomic E-state index is 0.0554. The largest absolute Gasteiger partial charge is 0.310 e. The maximum Gasteiger partial charge on any atom is 0.225 e. The van der Waals surface area contributed by atoms with Crippen LogP contribution in [0.4, 0.5) is 5.82 Å². The second-order valence-corrected chi connectivity index (χ2v) is 6.61. The van der Waals surface area contributed by atoms with Crippen molar-refractivity contribution in [3.8, 4) is 11.3 Å². The Morgan fingerprint density at radius 1 is 1.26 bits per heavy atom. The lowest BCUT2D eigenvalue weighted by Gasteiger charge is -2.07. The summed E-state index contributed by atoms with van der Waals surface area (Å²) in [6, 6.07) is 8.23. The van der Waals surface area contributed by atoms with Gasteiger partial charge in [0.05, 0.1) is 0 Å². The fourth-order valence-electron chi connectivity index (χ4n) is 2.55. The first kappa shape index (κ1) is 15.7. The van der Waals surface area contributed by atoms with Gasteiger partial charge in [-0.25, -0.2) is 4.98 Å². The Bertz CT molecular complexity index is 801. The zero-order valence-electron chi connectivity index (χ0n) is 13.5. The normalized spacial score (nSPS) is 11.0. The Labute approximate surface area is 140 Å². The first-order valence-corrected chi connectivity index (χ1v) is 8.89. The predicted octanol–water partition coefficient (Wildman–Crippen LogP) is 4.89. The van der Waals surface area contributed by atoms with Crippen LogP contribution in [0.15, 0.2) is 35.8 Å².